The summed E-state index contributed by atoms with van der Waals surface area (Å²) in [5, 5.41) is 0. The van der Waals surface area contributed by atoms with Gasteiger partial charge in [-0.1, -0.05) is 20.8 Å². The van der Waals surface area contributed by atoms with Crippen LogP contribution < -0.4 is 0 Å². The first-order chi connectivity index (χ1) is 10.6. The minimum atomic E-state index is -0.585. The quantitative estimate of drug-likeness (QED) is 0.802. The molecule has 2 rings (SSSR count). The lowest BCUT2D eigenvalue weighted by Gasteiger charge is -2.35. The smallest absolute Gasteiger partial charge is 0.329 e. The molecule has 23 heavy (non-hydrogen) atoms. The molecule has 0 N–H and O–H groups in total. The molecule has 0 aliphatic carbocycles. The van der Waals surface area contributed by atoms with Crippen LogP contribution in [0.1, 0.15) is 58.5 Å². The molecule has 1 aliphatic rings. The topological polar surface area (TPSA) is 64.4 Å². The average molecular weight is 321 g/mol. The van der Waals surface area contributed by atoms with Gasteiger partial charge in [0.15, 0.2) is 0 Å². The Hall–Kier alpha value is -1.85. The number of methoxy groups -OCH3 is 1. The van der Waals surface area contributed by atoms with Gasteiger partial charge < -0.3 is 14.2 Å². The summed E-state index contributed by atoms with van der Waals surface area (Å²) in [4.78, 5) is 31.0. The first-order valence-electron chi connectivity index (χ1n) is 8.06. The third kappa shape index (κ3) is 3.74. The van der Waals surface area contributed by atoms with E-state index in [1.54, 1.807) is 11.2 Å². The lowest BCUT2D eigenvalue weighted by molar-refractivity contribution is -0.154. The summed E-state index contributed by atoms with van der Waals surface area (Å²) in [6.45, 7) is 10.6. The van der Waals surface area contributed by atoms with E-state index in [2.05, 4.69) is 23.4 Å². The molecular weight excluding hydrogens is 294 g/mol. The number of hydrogen-bond donors (Lipinski definition) is 0. The van der Waals surface area contributed by atoms with Crippen molar-refractivity contribution in [2.75, 3.05) is 7.11 Å². The van der Waals surface area contributed by atoms with Crippen molar-refractivity contribution >= 4 is 11.9 Å². The van der Waals surface area contributed by atoms with Gasteiger partial charge in [-0.3, -0.25) is 4.79 Å². The highest BCUT2D eigenvalue weighted by atomic mass is 16.5. The number of fused-ring (bicyclic) bond motifs is 1. The van der Waals surface area contributed by atoms with E-state index < -0.39 is 6.04 Å². The number of aromatic nitrogens is 2. The van der Waals surface area contributed by atoms with Crippen LogP contribution in [0, 0.1) is 5.41 Å². The Kier molecular flexibility index (Phi) is 4.82. The maximum atomic E-state index is 12.7. The minimum absolute atomic E-state index is 0.0185. The number of imidazole rings is 1. The second-order valence-electron chi connectivity index (χ2n) is 7.64. The number of amides is 1. The van der Waals surface area contributed by atoms with Crippen molar-refractivity contribution in [3.8, 4) is 0 Å². The van der Waals surface area contributed by atoms with Crippen molar-refractivity contribution < 1.29 is 14.3 Å². The lowest BCUT2D eigenvalue weighted by Crippen LogP contribution is -2.50. The van der Waals surface area contributed by atoms with Crippen LogP contribution in [0.2, 0.25) is 0 Å². The summed E-state index contributed by atoms with van der Waals surface area (Å²) >= 11 is 0. The SMILES string of the molecule is COC(=O)[C@@H]1Cc2ncn(C(C)C)c2CN1C(=O)CC(C)(C)C. The maximum Gasteiger partial charge on any atom is 0.329 e. The van der Waals surface area contributed by atoms with Crippen LogP contribution in [0.15, 0.2) is 6.33 Å². The van der Waals surface area contributed by atoms with E-state index >= 15 is 0 Å². The standard InChI is InChI=1S/C17H27N3O3/c1-11(2)20-10-18-12-7-13(16(22)23-6)19(9-14(12)20)15(21)8-17(3,4)5/h10-11,13H,7-9H2,1-6H3/t13-/m0/s1. The van der Waals surface area contributed by atoms with E-state index in [-0.39, 0.29) is 23.3 Å². The van der Waals surface area contributed by atoms with Crippen molar-refractivity contribution in [1.29, 1.82) is 0 Å². The van der Waals surface area contributed by atoms with Crippen LogP contribution in [0.5, 0.6) is 0 Å². The Morgan fingerprint density at radius 2 is 2.04 bits per heavy atom. The Bertz CT molecular complexity index is 599. The number of ether oxygens (including phenoxy) is 1. The minimum Gasteiger partial charge on any atom is -0.467 e. The Balaban J connectivity index is 2.35. The summed E-state index contributed by atoms with van der Waals surface area (Å²) in [7, 11) is 1.36. The van der Waals surface area contributed by atoms with Crippen molar-refractivity contribution in [3.05, 3.63) is 17.7 Å². The van der Waals surface area contributed by atoms with E-state index in [0.29, 0.717) is 19.4 Å². The highest BCUT2D eigenvalue weighted by Crippen LogP contribution is 2.28. The average Bonchev–Trinajstić information content (AvgIpc) is 2.86. The highest BCUT2D eigenvalue weighted by Gasteiger charge is 2.38. The number of hydrogen-bond acceptors (Lipinski definition) is 4. The normalized spacial score (nSPS) is 18.0. The van der Waals surface area contributed by atoms with E-state index in [9.17, 15) is 9.59 Å². The summed E-state index contributed by atoms with van der Waals surface area (Å²) < 4.78 is 6.97. The molecule has 0 saturated heterocycles. The largest absolute Gasteiger partial charge is 0.467 e. The molecule has 1 aliphatic heterocycles. The number of carbonyl (C=O) groups is 2. The third-order valence-electron chi connectivity index (χ3n) is 4.10. The van der Waals surface area contributed by atoms with Crippen molar-refractivity contribution in [2.45, 2.75) is 66.1 Å². The lowest BCUT2D eigenvalue weighted by atomic mass is 9.90. The summed E-state index contributed by atoms with van der Waals surface area (Å²) in [6.07, 6.45) is 2.60. The summed E-state index contributed by atoms with van der Waals surface area (Å²) in [5.74, 6) is -0.396. The van der Waals surface area contributed by atoms with Gasteiger partial charge >= 0.3 is 5.97 Å². The first kappa shape index (κ1) is 17.5. The molecular formula is C17H27N3O3. The van der Waals surface area contributed by atoms with E-state index in [0.717, 1.165) is 11.4 Å². The molecule has 1 aromatic rings. The van der Waals surface area contributed by atoms with Gasteiger partial charge in [0, 0.05) is 18.9 Å². The zero-order valence-corrected chi connectivity index (χ0v) is 14.9. The van der Waals surface area contributed by atoms with E-state index in [1.165, 1.54) is 7.11 Å². The molecule has 2 heterocycles. The molecule has 0 spiro atoms. The van der Waals surface area contributed by atoms with Gasteiger partial charge in [0.05, 0.1) is 31.4 Å². The van der Waals surface area contributed by atoms with Gasteiger partial charge in [-0.15, -0.1) is 0 Å². The van der Waals surface area contributed by atoms with Crippen LogP contribution in [-0.4, -0.2) is 39.5 Å². The number of nitrogens with zero attached hydrogens (tertiary/aromatic N) is 3. The molecule has 0 unspecified atom stereocenters. The highest BCUT2D eigenvalue weighted by molar-refractivity contribution is 5.85. The molecule has 0 saturated carbocycles. The molecule has 0 radical (unpaired) electrons. The maximum absolute atomic E-state index is 12.7. The fraction of sp³-hybridized carbons (Fsp3) is 0.706. The van der Waals surface area contributed by atoms with Crippen LogP contribution >= 0.6 is 0 Å². The first-order valence-corrected chi connectivity index (χ1v) is 8.06. The van der Waals surface area contributed by atoms with Crippen LogP contribution in [-0.2, 0) is 27.3 Å². The molecule has 128 valence electrons. The van der Waals surface area contributed by atoms with Crippen LogP contribution in [0.3, 0.4) is 0 Å². The molecule has 1 amide bonds. The predicted octanol–water partition coefficient (Wildman–Crippen LogP) is 2.33. The molecule has 0 fully saturated rings. The summed E-state index contributed by atoms with van der Waals surface area (Å²) in [6, 6.07) is -0.321. The molecule has 1 atom stereocenters. The third-order valence-corrected chi connectivity index (χ3v) is 4.10. The summed E-state index contributed by atoms with van der Waals surface area (Å²) in [5.41, 5.74) is 1.77. The predicted molar refractivity (Wildman–Crippen MR) is 86.7 cm³/mol. The van der Waals surface area contributed by atoms with Gasteiger partial charge in [-0.05, 0) is 19.3 Å². The van der Waals surface area contributed by atoms with Gasteiger partial charge in [-0.25, -0.2) is 9.78 Å². The zero-order valence-electron chi connectivity index (χ0n) is 14.9. The number of rotatable bonds is 3. The van der Waals surface area contributed by atoms with Gasteiger partial charge in [0.1, 0.15) is 6.04 Å². The number of carbonyl (C=O) groups excluding carboxylic acids is 2. The number of esters is 1. The van der Waals surface area contributed by atoms with Gasteiger partial charge in [-0.2, -0.15) is 0 Å². The van der Waals surface area contributed by atoms with Crippen molar-refractivity contribution in [3.63, 3.8) is 0 Å². The zero-order chi connectivity index (χ0) is 17.4. The van der Waals surface area contributed by atoms with E-state index in [4.69, 9.17) is 4.74 Å². The fourth-order valence-corrected chi connectivity index (χ4v) is 2.94. The Morgan fingerprint density at radius 3 is 2.57 bits per heavy atom. The van der Waals surface area contributed by atoms with Gasteiger partial charge in [0.25, 0.3) is 0 Å². The Labute approximate surface area is 137 Å². The molecule has 0 bridgehead atoms. The van der Waals surface area contributed by atoms with Crippen molar-refractivity contribution in [2.24, 2.45) is 5.41 Å². The Morgan fingerprint density at radius 1 is 1.39 bits per heavy atom. The van der Waals surface area contributed by atoms with E-state index in [1.807, 2.05) is 20.8 Å². The molecule has 6 nitrogen and oxygen atoms in total. The van der Waals surface area contributed by atoms with Crippen molar-refractivity contribution in [1.82, 2.24) is 14.5 Å². The second kappa shape index (κ2) is 6.34. The molecule has 6 heteroatoms. The van der Waals surface area contributed by atoms with Crippen LogP contribution in [0.25, 0.3) is 0 Å². The van der Waals surface area contributed by atoms with Crippen LogP contribution in [0.4, 0.5) is 0 Å². The second-order valence-corrected chi connectivity index (χ2v) is 7.64. The monoisotopic (exact) mass is 321 g/mol. The molecule has 1 aromatic heterocycles. The molecule has 0 aromatic carbocycles. The van der Waals surface area contributed by atoms with Gasteiger partial charge in [0.2, 0.25) is 5.91 Å². The fourth-order valence-electron chi connectivity index (χ4n) is 2.94.